The number of hydrogen-bond donors (Lipinski definition) is 1. The normalized spacial score (nSPS) is 22.6. The highest BCUT2D eigenvalue weighted by atomic mass is 16.5. The number of hydrogen-bond acceptors (Lipinski definition) is 4. The quantitative estimate of drug-likeness (QED) is 0.916. The maximum Gasteiger partial charge on any atom is 0.272 e. The Hall–Kier alpha value is -1.62. The Morgan fingerprint density at radius 3 is 2.65 bits per heavy atom. The molecule has 1 aliphatic heterocycles. The number of nitrogens with one attached hydrogen (secondary N) is 1. The van der Waals surface area contributed by atoms with E-state index < -0.39 is 0 Å². The average molecular weight is 277 g/mol. The van der Waals surface area contributed by atoms with Crippen LogP contribution < -0.4 is 5.32 Å². The zero-order chi connectivity index (χ0) is 14.5. The number of amides is 1. The van der Waals surface area contributed by atoms with E-state index in [1.54, 1.807) is 12.3 Å². The molecule has 0 spiro atoms. The summed E-state index contributed by atoms with van der Waals surface area (Å²) in [6, 6.07) is 3.69. The van der Waals surface area contributed by atoms with Crippen LogP contribution in [-0.2, 0) is 4.74 Å². The van der Waals surface area contributed by atoms with Crippen LogP contribution in [0.25, 0.3) is 0 Å². The fourth-order valence-corrected chi connectivity index (χ4v) is 2.40. The fraction of sp³-hybridized carbons (Fsp3) is 0.600. The van der Waals surface area contributed by atoms with Gasteiger partial charge in [-0.15, -0.1) is 0 Å². The number of pyridine rings is 1. The molecule has 20 heavy (non-hydrogen) atoms. The molecule has 5 heteroatoms. The molecule has 0 unspecified atom stereocenters. The number of carbonyl (C=O) groups is 1. The van der Waals surface area contributed by atoms with Crippen molar-refractivity contribution in [3.8, 4) is 0 Å². The largest absolute Gasteiger partial charge is 0.384 e. The van der Waals surface area contributed by atoms with Crippen LogP contribution in [0.2, 0.25) is 0 Å². The van der Waals surface area contributed by atoms with Crippen molar-refractivity contribution in [1.82, 2.24) is 9.88 Å². The summed E-state index contributed by atoms with van der Waals surface area (Å²) in [5.74, 6) is -0.0194. The van der Waals surface area contributed by atoms with E-state index in [4.69, 9.17) is 4.74 Å². The van der Waals surface area contributed by atoms with Crippen LogP contribution in [-0.4, -0.2) is 47.6 Å². The van der Waals surface area contributed by atoms with Crippen molar-refractivity contribution in [2.75, 3.05) is 25.0 Å². The van der Waals surface area contributed by atoms with Gasteiger partial charge in [0, 0.05) is 19.6 Å². The predicted molar refractivity (Wildman–Crippen MR) is 78.9 cm³/mol. The topological polar surface area (TPSA) is 54.5 Å². The molecule has 1 aromatic rings. The zero-order valence-corrected chi connectivity index (χ0v) is 12.4. The summed E-state index contributed by atoms with van der Waals surface area (Å²) >= 11 is 0. The molecule has 0 bridgehead atoms. The lowest BCUT2D eigenvalue weighted by Gasteiger charge is -2.35. The minimum Gasteiger partial charge on any atom is -0.384 e. The number of anilines is 1. The smallest absolute Gasteiger partial charge is 0.272 e. The number of ether oxygens (including phenoxy) is 1. The number of aromatic nitrogens is 1. The summed E-state index contributed by atoms with van der Waals surface area (Å²) in [5.41, 5.74) is 1.44. The summed E-state index contributed by atoms with van der Waals surface area (Å²) in [7, 11) is 0. The third kappa shape index (κ3) is 3.70. The van der Waals surface area contributed by atoms with Gasteiger partial charge in [0.1, 0.15) is 5.69 Å². The first kappa shape index (κ1) is 14.8. The van der Waals surface area contributed by atoms with Crippen molar-refractivity contribution < 1.29 is 9.53 Å². The second-order valence-electron chi connectivity index (χ2n) is 5.33. The van der Waals surface area contributed by atoms with Gasteiger partial charge in [-0.1, -0.05) is 6.92 Å². The third-order valence-corrected chi connectivity index (χ3v) is 3.27. The monoisotopic (exact) mass is 277 g/mol. The van der Waals surface area contributed by atoms with Crippen LogP contribution in [0, 0.1) is 0 Å². The van der Waals surface area contributed by atoms with E-state index in [9.17, 15) is 4.79 Å². The Balaban J connectivity index is 2.01. The highest BCUT2D eigenvalue weighted by molar-refractivity contribution is 5.92. The van der Waals surface area contributed by atoms with E-state index in [-0.39, 0.29) is 18.1 Å². The standard InChI is InChI=1S/C15H23N3O2/c1-4-7-16-13-5-6-14(17-8-13)15(19)18-9-11(2)20-12(3)10-18/h5-6,8,11-12,16H,4,7,9-10H2,1-3H3/t11-,12+. The van der Waals surface area contributed by atoms with E-state index in [2.05, 4.69) is 17.2 Å². The maximum atomic E-state index is 12.4. The molecule has 1 saturated heterocycles. The van der Waals surface area contributed by atoms with E-state index in [0.29, 0.717) is 18.8 Å². The Morgan fingerprint density at radius 1 is 1.40 bits per heavy atom. The Labute approximate surface area is 120 Å². The minimum atomic E-state index is -0.0194. The number of carbonyl (C=O) groups excluding carboxylic acids is 1. The fourth-order valence-electron chi connectivity index (χ4n) is 2.40. The van der Waals surface area contributed by atoms with Gasteiger partial charge < -0.3 is 15.0 Å². The van der Waals surface area contributed by atoms with Crippen molar-refractivity contribution in [3.05, 3.63) is 24.0 Å². The summed E-state index contributed by atoms with van der Waals surface area (Å²) < 4.78 is 5.64. The van der Waals surface area contributed by atoms with E-state index in [1.807, 2.05) is 24.8 Å². The van der Waals surface area contributed by atoms with Crippen LogP contribution in [0.15, 0.2) is 18.3 Å². The molecular weight excluding hydrogens is 254 g/mol. The van der Waals surface area contributed by atoms with Gasteiger partial charge >= 0.3 is 0 Å². The molecule has 1 N–H and O–H groups in total. The van der Waals surface area contributed by atoms with Gasteiger partial charge in [-0.3, -0.25) is 4.79 Å². The van der Waals surface area contributed by atoms with E-state index >= 15 is 0 Å². The maximum absolute atomic E-state index is 12.4. The van der Waals surface area contributed by atoms with Gasteiger partial charge in [0.05, 0.1) is 24.1 Å². The lowest BCUT2D eigenvalue weighted by Crippen LogP contribution is -2.48. The lowest BCUT2D eigenvalue weighted by atomic mass is 10.2. The summed E-state index contributed by atoms with van der Waals surface area (Å²) in [4.78, 5) is 18.5. The van der Waals surface area contributed by atoms with Gasteiger partial charge in [-0.25, -0.2) is 4.98 Å². The highest BCUT2D eigenvalue weighted by Crippen LogP contribution is 2.14. The average Bonchev–Trinajstić information content (AvgIpc) is 2.44. The second-order valence-corrected chi connectivity index (χ2v) is 5.33. The van der Waals surface area contributed by atoms with Crippen molar-refractivity contribution in [1.29, 1.82) is 0 Å². The number of nitrogens with zero attached hydrogens (tertiary/aromatic N) is 2. The molecule has 2 heterocycles. The molecule has 2 rings (SSSR count). The molecule has 1 amide bonds. The lowest BCUT2D eigenvalue weighted by molar-refractivity contribution is -0.0587. The van der Waals surface area contributed by atoms with Crippen molar-refractivity contribution in [2.24, 2.45) is 0 Å². The van der Waals surface area contributed by atoms with Gasteiger partial charge in [0.15, 0.2) is 0 Å². The van der Waals surface area contributed by atoms with Crippen LogP contribution in [0.5, 0.6) is 0 Å². The Bertz CT molecular complexity index is 437. The van der Waals surface area contributed by atoms with Crippen LogP contribution >= 0.6 is 0 Å². The first-order chi connectivity index (χ1) is 9.60. The van der Waals surface area contributed by atoms with E-state index in [0.717, 1.165) is 18.7 Å². The summed E-state index contributed by atoms with van der Waals surface area (Å²) in [5, 5.41) is 3.25. The highest BCUT2D eigenvalue weighted by Gasteiger charge is 2.27. The molecule has 0 radical (unpaired) electrons. The Kier molecular flexibility index (Phi) is 4.95. The van der Waals surface area contributed by atoms with Gasteiger partial charge in [-0.2, -0.15) is 0 Å². The predicted octanol–water partition coefficient (Wildman–Crippen LogP) is 2.15. The third-order valence-electron chi connectivity index (χ3n) is 3.27. The first-order valence-electron chi connectivity index (χ1n) is 7.24. The summed E-state index contributed by atoms with van der Waals surface area (Å²) in [6.07, 6.45) is 2.93. The molecular formula is C15H23N3O2. The number of morpholine rings is 1. The van der Waals surface area contributed by atoms with Gasteiger partial charge in [0.25, 0.3) is 5.91 Å². The van der Waals surface area contributed by atoms with Crippen LogP contribution in [0.3, 0.4) is 0 Å². The molecule has 0 aliphatic carbocycles. The van der Waals surface area contributed by atoms with Crippen molar-refractivity contribution in [3.63, 3.8) is 0 Å². The molecule has 2 atom stereocenters. The van der Waals surface area contributed by atoms with Gasteiger partial charge in [0.2, 0.25) is 0 Å². The van der Waals surface area contributed by atoms with Crippen molar-refractivity contribution in [2.45, 2.75) is 39.4 Å². The summed E-state index contributed by atoms with van der Waals surface area (Å²) in [6.45, 7) is 8.25. The van der Waals surface area contributed by atoms with Gasteiger partial charge in [-0.05, 0) is 32.4 Å². The molecule has 1 aliphatic rings. The molecule has 0 aromatic carbocycles. The molecule has 0 saturated carbocycles. The SMILES string of the molecule is CCCNc1ccc(C(=O)N2C[C@@H](C)O[C@@H](C)C2)nc1. The van der Waals surface area contributed by atoms with Crippen molar-refractivity contribution >= 4 is 11.6 Å². The Morgan fingerprint density at radius 2 is 2.10 bits per heavy atom. The van der Waals surface area contributed by atoms with Crippen LogP contribution in [0.1, 0.15) is 37.7 Å². The minimum absolute atomic E-state index is 0.0194. The second kappa shape index (κ2) is 6.70. The molecule has 110 valence electrons. The molecule has 1 fully saturated rings. The van der Waals surface area contributed by atoms with E-state index in [1.165, 1.54) is 0 Å². The molecule has 5 nitrogen and oxygen atoms in total. The number of rotatable bonds is 4. The first-order valence-corrected chi connectivity index (χ1v) is 7.24. The molecule has 1 aromatic heterocycles. The van der Waals surface area contributed by atoms with Crippen LogP contribution in [0.4, 0.5) is 5.69 Å². The zero-order valence-electron chi connectivity index (χ0n) is 12.4.